The summed E-state index contributed by atoms with van der Waals surface area (Å²) in [5, 5.41) is 2.90. The van der Waals surface area contributed by atoms with Gasteiger partial charge in [-0.15, -0.1) is 0 Å². The molecule has 1 N–H and O–H groups in total. The largest absolute Gasteiger partial charge is 0.322 e. The van der Waals surface area contributed by atoms with Crippen molar-refractivity contribution in [2.75, 3.05) is 5.32 Å². The van der Waals surface area contributed by atoms with E-state index in [0.29, 0.717) is 5.56 Å². The molecule has 0 fully saturated rings. The minimum absolute atomic E-state index is 0.139. The van der Waals surface area contributed by atoms with Gasteiger partial charge in [-0.05, 0) is 49.7 Å². The van der Waals surface area contributed by atoms with Crippen molar-refractivity contribution in [2.24, 2.45) is 0 Å². The summed E-state index contributed by atoms with van der Waals surface area (Å²) in [6.45, 7) is 3.91. The molecular formula is C16H14BrN3O. The third-order valence-electron chi connectivity index (χ3n) is 3.26. The first-order chi connectivity index (χ1) is 10.0. The van der Waals surface area contributed by atoms with Gasteiger partial charge in [-0.3, -0.25) is 4.79 Å². The maximum Gasteiger partial charge on any atom is 0.255 e. The predicted octanol–water partition coefficient (Wildman–Crippen LogP) is 3.97. The van der Waals surface area contributed by atoms with Crippen molar-refractivity contribution >= 4 is 33.2 Å². The maximum absolute atomic E-state index is 12.3. The summed E-state index contributed by atoms with van der Waals surface area (Å²) in [5.41, 5.74) is 4.14. The van der Waals surface area contributed by atoms with Gasteiger partial charge >= 0.3 is 0 Å². The lowest BCUT2D eigenvalue weighted by Gasteiger charge is -2.07. The number of rotatable bonds is 2. The maximum atomic E-state index is 12.3. The summed E-state index contributed by atoms with van der Waals surface area (Å²) in [4.78, 5) is 16.7. The summed E-state index contributed by atoms with van der Waals surface area (Å²) in [7, 11) is 0. The number of pyridine rings is 1. The van der Waals surface area contributed by atoms with Crippen LogP contribution in [-0.4, -0.2) is 15.3 Å². The van der Waals surface area contributed by atoms with Crippen LogP contribution in [0.25, 0.3) is 5.65 Å². The van der Waals surface area contributed by atoms with E-state index in [1.54, 1.807) is 12.1 Å². The van der Waals surface area contributed by atoms with E-state index in [4.69, 9.17) is 0 Å². The quantitative estimate of drug-likeness (QED) is 0.765. The van der Waals surface area contributed by atoms with Gasteiger partial charge in [0.25, 0.3) is 5.91 Å². The van der Waals surface area contributed by atoms with Gasteiger partial charge in [0.15, 0.2) is 0 Å². The first-order valence-electron chi connectivity index (χ1n) is 6.56. The van der Waals surface area contributed by atoms with Gasteiger partial charge in [0.05, 0.1) is 5.69 Å². The van der Waals surface area contributed by atoms with E-state index in [-0.39, 0.29) is 5.91 Å². The van der Waals surface area contributed by atoms with E-state index in [9.17, 15) is 4.79 Å². The molecule has 3 rings (SSSR count). The molecule has 0 aliphatic carbocycles. The zero-order chi connectivity index (χ0) is 15.0. The van der Waals surface area contributed by atoms with E-state index >= 15 is 0 Å². The topological polar surface area (TPSA) is 46.4 Å². The smallest absolute Gasteiger partial charge is 0.255 e. The van der Waals surface area contributed by atoms with Crippen molar-refractivity contribution in [1.29, 1.82) is 0 Å². The molecule has 21 heavy (non-hydrogen) atoms. The molecule has 1 amide bonds. The highest BCUT2D eigenvalue weighted by Gasteiger charge is 2.08. The molecule has 4 nitrogen and oxygen atoms in total. The SMILES string of the molecule is Cc1cn2ccc(C(=O)Nc3ccc(Br)c(C)c3)cc2n1. The monoisotopic (exact) mass is 343 g/mol. The molecule has 106 valence electrons. The van der Waals surface area contributed by atoms with Gasteiger partial charge in [-0.2, -0.15) is 0 Å². The zero-order valence-electron chi connectivity index (χ0n) is 11.7. The van der Waals surface area contributed by atoms with Crippen LogP contribution in [0.15, 0.2) is 47.2 Å². The second kappa shape index (κ2) is 5.33. The molecule has 0 aliphatic rings. The van der Waals surface area contributed by atoms with Crippen LogP contribution in [0.1, 0.15) is 21.6 Å². The Morgan fingerprint density at radius 1 is 1.24 bits per heavy atom. The first kappa shape index (κ1) is 13.8. The number of fused-ring (bicyclic) bond motifs is 1. The van der Waals surface area contributed by atoms with Crippen LogP contribution in [-0.2, 0) is 0 Å². The number of hydrogen-bond acceptors (Lipinski definition) is 2. The zero-order valence-corrected chi connectivity index (χ0v) is 13.3. The third kappa shape index (κ3) is 2.83. The van der Waals surface area contributed by atoms with Crippen LogP contribution in [0, 0.1) is 13.8 Å². The fraction of sp³-hybridized carbons (Fsp3) is 0.125. The van der Waals surface area contributed by atoms with E-state index < -0.39 is 0 Å². The molecule has 0 radical (unpaired) electrons. The molecule has 0 unspecified atom stereocenters. The molecule has 2 heterocycles. The van der Waals surface area contributed by atoms with E-state index in [1.165, 1.54) is 0 Å². The predicted molar refractivity (Wildman–Crippen MR) is 86.8 cm³/mol. The number of nitrogens with zero attached hydrogens (tertiary/aromatic N) is 2. The minimum Gasteiger partial charge on any atom is -0.322 e. The normalized spacial score (nSPS) is 10.8. The van der Waals surface area contributed by atoms with Crippen molar-refractivity contribution in [1.82, 2.24) is 9.38 Å². The molecule has 2 aromatic heterocycles. The summed E-state index contributed by atoms with van der Waals surface area (Å²) in [6, 6.07) is 9.29. The third-order valence-corrected chi connectivity index (χ3v) is 4.15. The van der Waals surface area contributed by atoms with Crippen LogP contribution < -0.4 is 5.32 Å². The lowest BCUT2D eigenvalue weighted by molar-refractivity contribution is 0.102. The molecule has 0 bridgehead atoms. The van der Waals surface area contributed by atoms with Gasteiger partial charge in [0.2, 0.25) is 0 Å². The molecular weight excluding hydrogens is 330 g/mol. The number of carbonyl (C=O) groups is 1. The number of aromatic nitrogens is 2. The van der Waals surface area contributed by atoms with Crippen LogP contribution in [0.2, 0.25) is 0 Å². The second-order valence-electron chi connectivity index (χ2n) is 4.98. The van der Waals surface area contributed by atoms with Crippen molar-refractivity contribution in [2.45, 2.75) is 13.8 Å². The van der Waals surface area contributed by atoms with Crippen LogP contribution in [0.3, 0.4) is 0 Å². The molecule has 3 aromatic rings. The number of halogens is 1. The Morgan fingerprint density at radius 2 is 2.05 bits per heavy atom. The average Bonchev–Trinajstić information content (AvgIpc) is 2.82. The van der Waals surface area contributed by atoms with Crippen molar-refractivity contribution in [3.63, 3.8) is 0 Å². The molecule has 0 saturated heterocycles. The van der Waals surface area contributed by atoms with Crippen molar-refractivity contribution < 1.29 is 4.79 Å². The Kier molecular flexibility index (Phi) is 3.51. The van der Waals surface area contributed by atoms with Crippen LogP contribution in [0.5, 0.6) is 0 Å². The summed E-state index contributed by atoms with van der Waals surface area (Å²) >= 11 is 3.45. The van der Waals surface area contributed by atoms with Gasteiger partial charge in [0.1, 0.15) is 5.65 Å². The van der Waals surface area contributed by atoms with Gasteiger partial charge in [0, 0.05) is 28.1 Å². The van der Waals surface area contributed by atoms with Crippen molar-refractivity contribution in [3.8, 4) is 0 Å². The fourth-order valence-corrected chi connectivity index (χ4v) is 2.42. The number of carbonyl (C=O) groups excluding carboxylic acids is 1. The van der Waals surface area contributed by atoms with E-state index in [2.05, 4.69) is 26.2 Å². The van der Waals surface area contributed by atoms with Gasteiger partial charge < -0.3 is 9.72 Å². The molecule has 5 heteroatoms. The van der Waals surface area contributed by atoms with Gasteiger partial charge in [-0.25, -0.2) is 4.98 Å². The second-order valence-corrected chi connectivity index (χ2v) is 5.84. The standard InChI is InChI=1S/C16H14BrN3O/c1-10-7-13(3-4-14(10)17)19-16(21)12-5-6-20-9-11(2)18-15(20)8-12/h3-9H,1-2H3,(H,19,21). The number of amides is 1. The Labute approximate surface area is 131 Å². The number of benzene rings is 1. The number of hydrogen-bond donors (Lipinski definition) is 1. The number of anilines is 1. The first-order valence-corrected chi connectivity index (χ1v) is 7.35. The summed E-state index contributed by atoms with van der Waals surface area (Å²) in [5.74, 6) is -0.139. The number of aryl methyl sites for hydroxylation is 2. The fourth-order valence-electron chi connectivity index (χ4n) is 2.18. The highest BCUT2D eigenvalue weighted by atomic mass is 79.9. The van der Waals surface area contributed by atoms with Crippen LogP contribution in [0.4, 0.5) is 5.69 Å². The Hall–Kier alpha value is -2.14. The lowest BCUT2D eigenvalue weighted by Crippen LogP contribution is -2.12. The van der Waals surface area contributed by atoms with Crippen molar-refractivity contribution in [3.05, 3.63) is 64.0 Å². The summed E-state index contributed by atoms with van der Waals surface area (Å²) < 4.78 is 2.92. The minimum atomic E-state index is -0.139. The van der Waals surface area contributed by atoms with Gasteiger partial charge in [-0.1, -0.05) is 15.9 Å². The average molecular weight is 344 g/mol. The number of nitrogens with one attached hydrogen (secondary N) is 1. The van der Waals surface area contributed by atoms with E-state index in [0.717, 1.165) is 27.1 Å². The van der Waals surface area contributed by atoms with E-state index in [1.807, 2.05) is 48.8 Å². The lowest BCUT2D eigenvalue weighted by atomic mass is 10.2. The molecule has 0 spiro atoms. The Morgan fingerprint density at radius 3 is 2.81 bits per heavy atom. The highest BCUT2D eigenvalue weighted by Crippen LogP contribution is 2.20. The summed E-state index contributed by atoms with van der Waals surface area (Å²) in [6.07, 6.45) is 3.77. The molecule has 0 aliphatic heterocycles. The van der Waals surface area contributed by atoms with Crippen LogP contribution >= 0.6 is 15.9 Å². The molecule has 0 atom stereocenters. The Balaban J connectivity index is 1.87. The molecule has 1 aromatic carbocycles. The Bertz CT molecular complexity index is 839. The number of imidazole rings is 1. The molecule has 0 saturated carbocycles. The highest BCUT2D eigenvalue weighted by molar-refractivity contribution is 9.10.